The van der Waals surface area contributed by atoms with Crippen LogP contribution >= 0.6 is 0 Å². The maximum atomic E-state index is 2.41. The lowest BCUT2D eigenvalue weighted by atomic mass is 9.84. The van der Waals surface area contributed by atoms with Crippen LogP contribution in [0.3, 0.4) is 0 Å². The van der Waals surface area contributed by atoms with Gasteiger partial charge in [0, 0.05) is 0 Å². The maximum Gasteiger partial charge on any atom is -0.00176 e. The highest BCUT2D eigenvalue weighted by atomic mass is 14.2. The van der Waals surface area contributed by atoms with Crippen molar-refractivity contribution in [2.45, 2.75) is 91.9 Å². The van der Waals surface area contributed by atoms with Crippen molar-refractivity contribution in [2.75, 3.05) is 0 Å². The van der Waals surface area contributed by atoms with Gasteiger partial charge in [-0.25, -0.2) is 0 Å². The molecule has 6 aromatic carbocycles. The van der Waals surface area contributed by atoms with Gasteiger partial charge in [0.1, 0.15) is 0 Å². The quantitative estimate of drug-likeness (QED) is 0.105. The van der Waals surface area contributed by atoms with Crippen LogP contribution in [0.2, 0.25) is 0 Å². The Labute approximate surface area is 253 Å². The molecule has 0 nitrogen and oxygen atoms in total. The molecule has 0 saturated heterocycles. The summed E-state index contributed by atoms with van der Waals surface area (Å²) < 4.78 is 0. The predicted octanol–water partition coefficient (Wildman–Crippen LogP) is 12.8. The van der Waals surface area contributed by atoms with Crippen LogP contribution in [0.25, 0.3) is 54.6 Å². The second-order valence-electron chi connectivity index (χ2n) is 12.6. The van der Waals surface area contributed by atoms with E-state index in [0.717, 1.165) is 0 Å². The summed E-state index contributed by atoms with van der Waals surface area (Å²) in [6.45, 7) is 9.13. The van der Waals surface area contributed by atoms with Gasteiger partial charge in [-0.05, 0) is 116 Å². The lowest BCUT2D eigenvalue weighted by Gasteiger charge is -2.19. The molecule has 0 saturated carbocycles. The highest BCUT2D eigenvalue weighted by Crippen LogP contribution is 2.44. The first-order chi connectivity index (χ1) is 20.6. The first-order valence-electron chi connectivity index (χ1n) is 16.5. The monoisotopic (exact) mass is 550 g/mol. The van der Waals surface area contributed by atoms with Gasteiger partial charge in [-0.15, -0.1) is 0 Å². The Morgan fingerprint density at radius 3 is 1.17 bits per heavy atom. The van der Waals surface area contributed by atoms with Crippen molar-refractivity contribution in [1.29, 1.82) is 0 Å². The average Bonchev–Trinajstić information content (AvgIpc) is 3.02. The van der Waals surface area contributed by atoms with Crippen molar-refractivity contribution >= 4 is 32.3 Å². The minimum atomic E-state index is 1.18. The number of hydrogen-bond acceptors (Lipinski definition) is 0. The summed E-state index contributed by atoms with van der Waals surface area (Å²) in [4.78, 5) is 0. The third-order valence-corrected chi connectivity index (χ3v) is 9.48. The number of rotatable bonds is 12. The van der Waals surface area contributed by atoms with Crippen molar-refractivity contribution in [2.24, 2.45) is 0 Å². The van der Waals surface area contributed by atoms with E-state index in [1.807, 2.05) is 0 Å². The van der Waals surface area contributed by atoms with Crippen LogP contribution in [0.5, 0.6) is 0 Å². The molecule has 0 radical (unpaired) electrons. The molecule has 0 aromatic heterocycles. The average molecular weight is 551 g/mol. The van der Waals surface area contributed by atoms with Crippen LogP contribution in [0.15, 0.2) is 84.9 Å². The number of hydrogen-bond donors (Lipinski definition) is 0. The molecular formula is C42H46. The Kier molecular flexibility index (Phi) is 8.61. The zero-order valence-corrected chi connectivity index (χ0v) is 26.2. The van der Waals surface area contributed by atoms with Gasteiger partial charge in [0.2, 0.25) is 0 Å². The molecule has 0 fully saturated rings. The number of unbranched alkanes of at least 4 members (excludes halogenated alkanes) is 6. The highest BCUT2D eigenvalue weighted by Gasteiger charge is 2.18. The molecule has 0 amide bonds. The summed E-state index contributed by atoms with van der Waals surface area (Å²) in [5.74, 6) is 0. The summed E-state index contributed by atoms with van der Waals surface area (Å²) >= 11 is 0. The van der Waals surface area contributed by atoms with Gasteiger partial charge in [0.25, 0.3) is 0 Å². The fraction of sp³-hybridized carbons (Fsp3) is 0.333. The minimum Gasteiger partial charge on any atom is -0.0654 e. The highest BCUT2D eigenvalue weighted by molar-refractivity contribution is 6.28. The molecule has 214 valence electrons. The Hall–Kier alpha value is -3.64. The summed E-state index contributed by atoms with van der Waals surface area (Å²) in [6.07, 6.45) is 12.9. The van der Waals surface area contributed by atoms with Gasteiger partial charge in [-0.3, -0.25) is 0 Å². The van der Waals surface area contributed by atoms with Gasteiger partial charge in [0.05, 0.1) is 0 Å². The van der Waals surface area contributed by atoms with Gasteiger partial charge >= 0.3 is 0 Å². The summed E-state index contributed by atoms with van der Waals surface area (Å²) in [7, 11) is 0. The molecule has 0 aliphatic carbocycles. The molecule has 0 spiro atoms. The number of aryl methyl sites for hydroxylation is 4. The topological polar surface area (TPSA) is 0 Å². The van der Waals surface area contributed by atoms with Crippen molar-refractivity contribution in [3.8, 4) is 22.3 Å². The molecule has 0 heteroatoms. The van der Waals surface area contributed by atoms with E-state index in [9.17, 15) is 0 Å². The first kappa shape index (κ1) is 28.5. The second kappa shape index (κ2) is 12.7. The van der Waals surface area contributed by atoms with E-state index in [1.54, 1.807) is 0 Å². The normalized spacial score (nSPS) is 11.8. The largest absolute Gasteiger partial charge is 0.0654 e. The van der Waals surface area contributed by atoms with Crippen molar-refractivity contribution < 1.29 is 0 Å². The van der Waals surface area contributed by atoms with Crippen LogP contribution in [-0.2, 0) is 12.8 Å². The molecule has 0 aliphatic rings. The van der Waals surface area contributed by atoms with Gasteiger partial charge in [-0.1, -0.05) is 137 Å². The third kappa shape index (κ3) is 5.57. The van der Waals surface area contributed by atoms with E-state index in [2.05, 4.69) is 113 Å². The molecule has 0 N–H and O–H groups in total. The molecule has 0 heterocycles. The molecule has 0 unspecified atom stereocenters. The minimum absolute atomic E-state index is 1.18. The predicted molar refractivity (Wildman–Crippen MR) is 186 cm³/mol. The van der Waals surface area contributed by atoms with Crippen LogP contribution < -0.4 is 0 Å². The molecule has 6 aromatic rings. The Bertz CT molecular complexity index is 1650. The SMILES string of the molecule is CCCCCCc1ccc(-c2cc(C)c3ccc4c(-c5ccc(CCCCCC)cc5)cc(C)c5ccc2c3c54)cc1. The summed E-state index contributed by atoms with van der Waals surface area (Å²) in [6, 6.07) is 33.1. The van der Waals surface area contributed by atoms with Crippen LogP contribution in [0.1, 0.15) is 87.5 Å². The van der Waals surface area contributed by atoms with Crippen LogP contribution in [0.4, 0.5) is 0 Å². The Balaban J connectivity index is 1.42. The summed E-state index contributed by atoms with van der Waals surface area (Å²) in [5.41, 5.74) is 11.0. The van der Waals surface area contributed by atoms with Crippen LogP contribution in [-0.4, -0.2) is 0 Å². The standard InChI is InChI=1S/C42H46/c1-5-7-9-11-13-31-15-19-33(20-16-31)39-27-29(3)35-24-26-38-40(28-30(4)36-23-25-37(39)41(35)42(36)38)34-21-17-32(18-22-34)14-12-10-8-6-2/h15-28H,5-14H2,1-4H3. The Morgan fingerprint density at radius 2 is 0.786 bits per heavy atom. The number of benzene rings is 6. The van der Waals surface area contributed by atoms with Gasteiger partial charge in [0.15, 0.2) is 0 Å². The zero-order chi connectivity index (χ0) is 29.1. The lowest BCUT2D eigenvalue weighted by Crippen LogP contribution is -1.94. The van der Waals surface area contributed by atoms with E-state index in [4.69, 9.17) is 0 Å². The molecule has 42 heavy (non-hydrogen) atoms. The zero-order valence-electron chi connectivity index (χ0n) is 26.2. The second-order valence-corrected chi connectivity index (χ2v) is 12.6. The van der Waals surface area contributed by atoms with Crippen molar-refractivity contribution in [3.63, 3.8) is 0 Å². The molecule has 6 rings (SSSR count). The van der Waals surface area contributed by atoms with E-state index in [0.29, 0.717) is 0 Å². The Morgan fingerprint density at radius 1 is 0.405 bits per heavy atom. The van der Waals surface area contributed by atoms with E-state index in [1.165, 1.54) is 141 Å². The smallest absolute Gasteiger partial charge is 0.00176 e. The van der Waals surface area contributed by atoms with E-state index < -0.39 is 0 Å². The van der Waals surface area contributed by atoms with Crippen molar-refractivity contribution in [1.82, 2.24) is 0 Å². The summed E-state index contributed by atoms with van der Waals surface area (Å²) in [5, 5.41) is 8.31. The van der Waals surface area contributed by atoms with E-state index in [-0.39, 0.29) is 0 Å². The maximum absolute atomic E-state index is 2.41. The lowest BCUT2D eigenvalue weighted by molar-refractivity contribution is 0.667. The third-order valence-electron chi connectivity index (χ3n) is 9.48. The fourth-order valence-electron chi connectivity index (χ4n) is 7.04. The van der Waals surface area contributed by atoms with Crippen molar-refractivity contribution in [3.05, 3.63) is 107 Å². The molecular weight excluding hydrogens is 504 g/mol. The molecule has 0 atom stereocenters. The fourth-order valence-corrected chi connectivity index (χ4v) is 7.04. The molecule has 0 bridgehead atoms. The van der Waals surface area contributed by atoms with Gasteiger partial charge in [-0.2, -0.15) is 0 Å². The van der Waals surface area contributed by atoms with E-state index >= 15 is 0 Å². The molecule has 0 aliphatic heterocycles. The van der Waals surface area contributed by atoms with Crippen LogP contribution in [0, 0.1) is 13.8 Å². The van der Waals surface area contributed by atoms with Gasteiger partial charge < -0.3 is 0 Å². The first-order valence-corrected chi connectivity index (χ1v) is 16.5.